The number of pyridine rings is 1. The molecule has 0 aliphatic rings. The van der Waals surface area contributed by atoms with Crippen LogP contribution in [0.25, 0.3) is 10.8 Å². The number of carbonyl (C=O) groups excluding carboxylic acids is 1. The first-order valence-electron chi connectivity index (χ1n) is 8.05. The number of nitrogens with zero attached hydrogens (tertiary/aromatic N) is 1. The molecule has 1 amide bonds. The predicted octanol–water partition coefficient (Wildman–Crippen LogP) is 3.74. The monoisotopic (exact) mass is 320 g/mol. The van der Waals surface area contributed by atoms with Crippen LogP contribution in [0.2, 0.25) is 0 Å². The van der Waals surface area contributed by atoms with E-state index in [9.17, 15) is 4.79 Å². The predicted molar refractivity (Wildman–Crippen MR) is 95.4 cm³/mol. The Bertz CT molecular complexity index is 840. The number of carbonyl (C=O) groups is 1. The summed E-state index contributed by atoms with van der Waals surface area (Å²) in [6, 6.07) is 15.7. The van der Waals surface area contributed by atoms with Gasteiger partial charge in [0.25, 0.3) is 5.91 Å². The Morgan fingerprint density at radius 1 is 1.08 bits per heavy atom. The van der Waals surface area contributed by atoms with E-state index in [4.69, 9.17) is 4.74 Å². The quantitative estimate of drug-likeness (QED) is 0.704. The molecule has 0 spiro atoms. The molecule has 0 saturated carbocycles. The molecular formula is C20H20N2O2. The minimum absolute atomic E-state index is 0.102. The molecule has 1 aromatic heterocycles. The fourth-order valence-electron chi connectivity index (χ4n) is 2.57. The van der Waals surface area contributed by atoms with Crippen molar-refractivity contribution in [3.05, 3.63) is 72.1 Å². The van der Waals surface area contributed by atoms with Gasteiger partial charge in [0.05, 0.1) is 12.2 Å². The average molecular weight is 320 g/mol. The van der Waals surface area contributed by atoms with Gasteiger partial charge < -0.3 is 10.1 Å². The molecule has 3 rings (SSSR count). The molecule has 1 heterocycles. The Balaban J connectivity index is 1.51. The van der Waals surface area contributed by atoms with Crippen molar-refractivity contribution in [2.75, 3.05) is 13.2 Å². The SMILES string of the molecule is Cc1ccccc1OCCCNC(=O)c1cncc2ccccc12. The summed E-state index contributed by atoms with van der Waals surface area (Å²) in [5.41, 5.74) is 1.72. The number of aryl methyl sites for hydroxylation is 1. The first-order valence-corrected chi connectivity index (χ1v) is 8.05. The molecule has 0 aliphatic heterocycles. The van der Waals surface area contributed by atoms with Crippen molar-refractivity contribution >= 4 is 16.7 Å². The zero-order chi connectivity index (χ0) is 16.8. The maximum atomic E-state index is 12.4. The van der Waals surface area contributed by atoms with Crippen molar-refractivity contribution < 1.29 is 9.53 Å². The molecule has 1 N–H and O–H groups in total. The molecule has 0 bridgehead atoms. The van der Waals surface area contributed by atoms with E-state index in [1.54, 1.807) is 12.4 Å². The molecule has 24 heavy (non-hydrogen) atoms. The first-order chi connectivity index (χ1) is 11.8. The zero-order valence-electron chi connectivity index (χ0n) is 13.7. The van der Waals surface area contributed by atoms with Crippen LogP contribution in [0.4, 0.5) is 0 Å². The van der Waals surface area contributed by atoms with Gasteiger partial charge in [0, 0.05) is 24.3 Å². The Kier molecular flexibility index (Phi) is 5.06. The lowest BCUT2D eigenvalue weighted by Gasteiger charge is -2.10. The maximum Gasteiger partial charge on any atom is 0.253 e. The van der Waals surface area contributed by atoms with Crippen LogP contribution in [-0.2, 0) is 0 Å². The third-order valence-electron chi connectivity index (χ3n) is 3.87. The van der Waals surface area contributed by atoms with Crippen molar-refractivity contribution in [3.8, 4) is 5.75 Å². The van der Waals surface area contributed by atoms with Gasteiger partial charge in [-0.15, -0.1) is 0 Å². The van der Waals surface area contributed by atoms with E-state index in [1.807, 2.05) is 55.5 Å². The Hall–Kier alpha value is -2.88. The van der Waals surface area contributed by atoms with E-state index < -0.39 is 0 Å². The zero-order valence-corrected chi connectivity index (χ0v) is 13.7. The van der Waals surface area contributed by atoms with Crippen LogP contribution in [0.15, 0.2) is 60.9 Å². The van der Waals surface area contributed by atoms with Crippen molar-refractivity contribution in [2.24, 2.45) is 0 Å². The third kappa shape index (κ3) is 3.71. The topological polar surface area (TPSA) is 51.2 Å². The summed E-state index contributed by atoms with van der Waals surface area (Å²) in [7, 11) is 0. The highest BCUT2D eigenvalue weighted by Gasteiger charge is 2.09. The highest BCUT2D eigenvalue weighted by molar-refractivity contribution is 6.06. The first kappa shape index (κ1) is 16.0. The molecule has 0 radical (unpaired) electrons. The normalized spacial score (nSPS) is 10.5. The number of benzene rings is 2. The van der Waals surface area contributed by atoms with Gasteiger partial charge in [0.15, 0.2) is 0 Å². The van der Waals surface area contributed by atoms with Crippen molar-refractivity contribution in [2.45, 2.75) is 13.3 Å². The van der Waals surface area contributed by atoms with Crippen LogP contribution in [0, 0.1) is 6.92 Å². The summed E-state index contributed by atoms with van der Waals surface area (Å²) >= 11 is 0. The van der Waals surface area contributed by atoms with Crippen molar-refractivity contribution in [3.63, 3.8) is 0 Å². The molecule has 0 aliphatic carbocycles. The lowest BCUT2D eigenvalue weighted by atomic mass is 10.1. The number of fused-ring (bicyclic) bond motifs is 1. The van der Waals surface area contributed by atoms with Crippen LogP contribution >= 0.6 is 0 Å². The molecule has 2 aromatic carbocycles. The van der Waals surface area contributed by atoms with E-state index in [-0.39, 0.29) is 5.91 Å². The molecule has 0 atom stereocenters. The summed E-state index contributed by atoms with van der Waals surface area (Å²) in [4.78, 5) is 16.5. The van der Waals surface area contributed by atoms with Gasteiger partial charge in [-0.1, -0.05) is 42.5 Å². The second kappa shape index (κ2) is 7.59. The summed E-state index contributed by atoms with van der Waals surface area (Å²) < 4.78 is 5.73. The number of rotatable bonds is 6. The van der Waals surface area contributed by atoms with Crippen LogP contribution < -0.4 is 10.1 Å². The molecule has 0 unspecified atom stereocenters. The van der Waals surface area contributed by atoms with Gasteiger partial charge in [0.1, 0.15) is 5.75 Å². The lowest BCUT2D eigenvalue weighted by Crippen LogP contribution is -2.26. The highest BCUT2D eigenvalue weighted by Crippen LogP contribution is 2.17. The fourth-order valence-corrected chi connectivity index (χ4v) is 2.57. The van der Waals surface area contributed by atoms with Gasteiger partial charge in [-0.05, 0) is 30.4 Å². The number of nitrogens with one attached hydrogen (secondary N) is 1. The Labute approximate surface area is 141 Å². The Morgan fingerprint density at radius 3 is 2.75 bits per heavy atom. The van der Waals surface area contributed by atoms with Gasteiger partial charge >= 0.3 is 0 Å². The van der Waals surface area contributed by atoms with E-state index in [2.05, 4.69) is 10.3 Å². The molecule has 4 nitrogen and oxygen atoms in total. The number of para-hydroxylation sites is 1. The standard InChI is InChI=1S/C20H20N2O2/c1-15-7-2-5-10-19(15)24-12-6-11-22-20(23)18-14-21-13-16-8-3-4-9-17(16)18/h2-5,7-10,13-14H,6,11-12H2,1H3,(H,22,23). The maximum absolute atomic E-state index is 12.4. The fraction of sp³-hybridized carbons (Fsp3) is 0.200. The lowest BCUT2D eigenvalue weighted by molar-refractivity contribution is 0.0953. The summed E-state index contributed by atoms with van der Waals surface area (Å²) in [6.45, 7) is 3.15. The second-order valence-corrected chi connectivity index (χ2v) is 5.63. The largest absolute Gasteiger partial charge is 0.493 e. The molecular weight excluding hydrogens is 300 g/mol. The average Bonchev–Trinajstić information content (AvgIpc) is 2.62. The van der Waals surface area contributed by atoms with Gasteiger partial charge in [-0.2, -0.15) is 0 Å². The van der Waals surface area contributed by atoms with Crippen molar-refractivity contribution in [1.29, 1.82) is 0 Å². The summed E-state index contributed by atoms with van der Waals surface area (Å²) in [6.07, 6.45) is 4.13. The van der Waals surface area contributed by atoms with Gasteiger partial charge in [0.2, 0.25) is 0 Å². The number of amides is 1. The van der Waals surface area contributed by atoms with Gasteiger partial charge in [-0.3, -0.25) is 9.78 Å². The van der Waals surface area contributed by atoms with Gasteiger partial charge in [-0.25, -0.2) is 0 Å². The van der Waals surface area contributed by atoms with Crippen LogP contribution in [0.1, 0.15) is 22.3 Å². The number of hydrogen-bond acceptors (Lipinski definition) is 3. The minimum Gasteiger partial charge on any atom is -0.493 e. The summed E-state index contributed by atoms with van der Waals surface area (Å²) in [5.74, 6) is 0.789. The van der Waals surface area contributed by atoms with Crippen LogP contribution in [-0.4, -0.2) is 24.0 Å². The molecule has 3 aromatic rings. The highest BCUT2D eigenvalue weighted by atomic mass is 16.5. The number of aromatic nitrogens is 1. The molecule has 122 valence electrons. The Morgan fingerprint density at radius 2 is 1.88 bits per heavy atom. The van der Waals surface area contributed by atoms with Crippen LogP contribution in [0.3, 0.4) is 0 Å². The van der Waals surface area contributed by atoms with E-state index in [0.717, 1.165) is 28.5 Å². The van der Waals surface area contributed by atoms with Crippen LogP contribution in [0.5, 0.6) is 5.75 Å². The second-order valence-electron chi connectivity index (χ2n) is 5.63. The number of ether oxygens (including phenoxy) is 1. The van der Waals surface area contributed by atoms with E-state index in [0.29, 0.717) is 18.7 Å². The van der Waals surface area contributed by atoms with E-state index >= 15 is 0 Å². The smallest absolute Gasteiger partial charge is 0.253 e. The third-order valence-corrected chi connectivity index (χ3v) is 3.87. The minimum atomic E-state index is -0.102. The number of hydrogen-bond donors (Lipinski definition) is 1. The molecule has 0 saturated heterocycles. The molecule has 0 fully saturated rings. The van der Waals surface area contributed by atoms with E-state index in [1.165, 1.54) is 0 Å². The van der Waals surface area contributed by atoms with Crippen molar-refractivity contribution in [1.82, 2.24) is 10.3 Å². The summed E-state index contributed by atoms with van der Waals surface area (Å²) in [5, 5.41) is 4.82. The molecule has 4 heteroatoms.